The van der Waals surface area contributed by atoms with Crippen LogP contribution in [0.15, 0.2) is 30.3 Å². The monoisotopic (exact) mass is 494 g/mol. The third-order valence-corrected chi connectivity index (χ3v) is 8.99. The maximum Gasteiger partial charge on any atom is 0.127 e. The van der Waals surface area contributed by atoms with E-state index in [-0.39, 0.29) is 10.8 Å². The molecule has 3 rings (SSSR count). The van der Waals surface area contributed by atoms with Crippen molar-refractivity contribution in [3.63, 3.8) is 0 Å². The first-order valence-corrected chi connectivity index (χ1v) is 15.2. The Hall–Kier alpha value is -1.41. The molecule has 1 nitrogen and oxygen atoms in total. The molecule has 2 aromatic carbocycles. The molecule has 2 heteroatoms. The predicted molar refractivity (Wildman–Crippen MR) is 157 cm³/mol. The molecule has 1 fully saturated rings. The Bertz CT molecular complexity index is 952. The molecule has 194 valence electrons. The van der Waals surface area contributed by atoms with Crippen molar-refractivity contribution in [3.05, 3.63) is 52.6 Å². The molecular formula is C33H50OS. The summed E-state index contributed by atoms with van der Waals surface area (Å²) in [5, 5.41) is 12.3. The summed E-state index contributed by atoms with van der Waals surface area (Å²) in [6, 6.07) is 11.6. The minimum Gasteiger partial charge on any atom is -0.507 e. The standard InChI is InChI=1S/C33H50OS/c1-8-9-15-24-18-25(20-27(19-24)32(2,3)4)30-22-28(33(5,6)7)21-26(31(30)34)23-35-29-16-13-11-10-12-14-17-29/h18-22,29,34H,8-17,23H2,1-7H3. The van der Waals surface area contributed by atoms with Gasteiger partial charge in [0.05, 0.1) is 0 Å². The van der Waals surface area contributed by atoms with Crippen LogP contribution in [0.5, 0.6) is 5.75 Å². The van der Waals surface area contributed by atoms with Gasteiger partial charge in [-0.05, 0) is 64.8 Å². The van der Waals surface area contributed by atoms with Gasteiger partial charge in [0.1, 0.15) is 5.75 Å². The average Bonchev–Trinajstić information content (AvgIpc) is 2.76. The van der Waals surface area contributed by atoms with E-state index in [2.05, 4.69) is 90.6 Å². The van der Waals surface area contributed by atoms with Gasteiger partial charge in [-0.3, -0.25) is 0 Å². The molecule has 0 bridgehead atoms. The van der Waals surface area contributed by atoms with Gasteiger partial charge in [0, 0.05) is 22.1 Å². The van der Waals surface area contributed by atoms with Crippen molar-refractivity contribution in [2.75, 3.05) is 0 Å². The Morgan fingerprint density at radius 3 is 2.00 bits per heavy atom. The van der Waals surface area contributed by atoms with Gasteiger partial charge in [0.2, 0.25) is 0 Å². The van der Waals surface area contributed by atoms with Crippen LogP contribution in [0, 0.1) is 0 Å². The van der Waals surface area contributed by atoms with Crippen molar-refractivity contribution in [2.24, 2.45) is 0 Å². The van der Waals surface area contributed by atoms with E-state index in [4.69, 9.17) is 0 Å². The molecule has 1 aliphatic carbocycles. The summed E-state index contributed by atoms with van der Waals surface area (Å²) in [6.07, 6.45) is 13.0. The van der Waals surface area contributed by atoms with Gasteiger partial charge in [0.25, 0.3) is 0 Å². The molecule has 1 aliphatic rings. The van der Waals surface area contributed by atoms with Gasteiger partial charge in [-0.25, -0.2) is 0 Å². The Labute approximate surface area is 220 Å². The first-order chi connectivity index (χ1) is 16.5. The second-order valence-electron chi connectivity index (χ2n) is 12.8. The van der Waals surface area contributed by atoms with Crippen molar-refractivity contribution in [3.8, 4) is 16.9 Å². The van der Waals surface area contributed by atoms with Crippen LogP contribution in [0.2, 0.25) is 0 Å². The molecule has 1 N–H and O–H groups in total. The van der Waals surface area contributed by atoms with Crippen LogP contribution in [0.25, 0.3) is 11.1 Å². The molecule has 0 aromatic heterocycles. The molecule has 0 aliphatic heterocycles. The highest BCUT2D eigenvalue weighted by molar-refractivity contribution is 7.99. The van der Waals surface area contributed by atoms with Gasteiger partial charge >= 0.3 is 0 Å². The second kappa shape index (κ2) is 12.2. The number of benzene rings is 2. The highest BCUT2D eigenvalue weighted by atomic mass is 32.2. The molecule has 0 unspecified atom stereocenters. The summed E-state index contributed by atoms with van der Waals surface area (Å²) in [5.41, 5.74) is 7.46. The predicted octanol–water partition coefficient (Wildman–Crippen LogP) is 10.3. The molecule has 0 spiro atoms. The molecule has 0 atom stereocenters. The van der Waals surface area contributed by atoms with Crippen molar-refractivity contribution in [2.45, 2.75) is 135 Å². The Morgan fingerprint density at radius 2 is 1.40 bits per heavy atom. The zero-order chi connectivity index (χ0) is 25.6. The van der Waals surface area contributed by atoms with Crippen LogP contribution < -0.4 is 0 Å². The largest absolute Gasteiger partial charge is 0.507 e. The van der Waals surface area contributed by atoms with Crippen molar-refractivity contribution in [1.29, 1.82) is 0 Å². The van der Waals surface area contributed by atoms with Crippen LogP contribution in [0.1, 0.15) is 129 Å². The zero-order valence-electron chi connectivity index (χ0n) is 23.6. The second-order valence-corrected chi connectivity index (χ2v) is 14.1. The first-order valence-electron chi connectivity index (χ1n) is 14.1. The van der Waals surface area contributed by atoms with E-state index >= 15 is 0 Å². The first kappa shape index (κ1) is 28.2. The van der Waals surface area contributed by atoms with Crippen LogP contribution in [-0.2, 0) is 23.0 Å². The molecule has 0 radical (unpaired) electrons. The number of unbranched alkanes of at least 4 members (excludes halogenated alkanes) is 1. The molecule has 2 aromatic rings. The number of aromatic hydroxyl groups is 1. The van der Waals surface area contributed by atoms with E-state index in [0.717, 1.165) is 28.6 Å². The lowest BCUT2D eigenvalue weighted by molar-refractivity contribution is 0.471. The van der Waals surface area contributed by atoms with Gasteiger partial charge < -0.3 is 5.11 Å². The summed E-state index contributed by atoms with van der Waals surface area (Å²) in [5.74, 6) is 1.39. The SMILES string of the molecule is CCCCc1cc(-c2cc(C(C)(C)C)cc(CSC3CCCCCCC3)c2O)cc(C(C)(C)C)c1. The van der Waals surface area contributed by atoms with Crippen LogP contribution >= 0.6 is 11.8 Å². The molecule has 1 saturated carbocycles. The third-order valence-electron chi connectivity index (χ3n) is 7.57. The summed E-state index contributed by atoms with van der Waals surface area (Å²) in [7, 11) is 0. The average molecular weight is 495 g/mol. The molecule has 0 heterocycles. The minimum atomic E-state index is 0.0365. The van der Waals surface area contributed by atoms with E-state index in [1.54, 1.807) is 0 Å². The molecule has 35 heavy (non-hydrogen) atoms. The van der Waals surface area contributed by atoms with Crippen molar-refractivity contribution >= 4 is 11.8 Å². The highest BCUT2D eigenvalue weighted by Crippen LogP contribution is 2.41. The Kier molecular flexibility index (Phi) is 9.83. The Morgan fingerprint density at radius 1 is 0.800 bits per heavy atom. The lowest BCUT2D eigenvalue weighted by Crippen LogP contribution is -2.13. The number of hydrogen-bond acceptors (Lipinski definition) is 2. The van der Waals surface area contributed by atoms with Gasteiger partial charge in [-0.15, -0.1) is 0 Å². The maximum absolute atomic E-state index is 11.6. The van der Waals surface area contributed by atoms with E-state index in [9.17, 15) is 5.11 Å². The number of hydrogen-bond donors (Lipinski definition) is 1. The summed E-state index contributed by atoms with van der Waals surface area (Å²) in [4.78, 5) is 0. The number of phenolic OH excluding ortho intramolecular Hbond substituents is 1. The normalized spacial score (nSPS) is 16.2. The maximum atomic E-state index is 11.6. The van der Waals surface area contributed by atoms with E-state index < -0.39 is 0 Å². The number of phenols is 1. The summed E-state index contributed by atoms with van der Waals surface area (Å²) < 4.78 is 0. The highest BCUT2D eigenvalue weighted by Gasteiger charge is 2.22. The fourth-order valence-electron chi connectivity index (χ4n) is 5.06. The summed E-state index contributed by atoms with van der Waals surface area (Å²) >= 11 is 2.07. The number of aryl methyl sites for hydroxylation is 1. The van der Waals surface area contributed by atoms with Crippen LogP contribution in [0.3, 0.4) is 0 Å². The quantitative estimate of drug-likeness (QED) is 0.413. The van der Waals surface area contributed by atoms with Gasteiger partial charge in [-0.1, -0.05) is 111 Å². The van der Waals surface area contributed by atoms with E-state index in [0.29, 0.717) is 5.75 Å². The van der Waals surface area contributed by atoms with Crippen molar-refractivity contribution in [1.82, 2.24) is 0 Å². The fraction of sp³-hybridized carbons (Fsp3) is 0.636. The van der Waals surface area contributed by atoms with Gasteiger partial charge in [0.15, 0.2) is 0 Å². The van der Waals surface area contributed by atoms with Crippen LogP contribution in [0.4, 0.5) is 0 Å². The lowest BCUT2D eigenvalue weighted by Gasteiger charge is -2.25. The zero-order valence-corrected chi connectivity index (χ0v) is 24.4. The molecular weight excluding hydrogens is 444 g/mol. The number of thioether (sulfide) groups is 1. The molecule has 0 amide bonds. The fourth-order valence-corrected chi connectivity index (χ4v) is 6.36. The Balaban J connectivity index is 2.02. The number of rotatable bonds is 7. The minimum absolute atomic E-state index is 0.0365. The van der Waals surface area contributed by atoms with Gasteiger partial charge in [-0.2, -0.15) is 11.8 Å². The summed E-state index contributed by atoms with van der Waals surface area (Å²) in [6.45, 7) is 16.0. The molecule has 0 saturated heterocycles. The van der Waals surface area contributed by atoms with E-state index in [1.807, 2.05) is 0 Å². The van der Waals surface area contributed by atoms with Crippen molar-refractivity contribution < 1.29 is 5.11 Å². The smallest absolute Gasteiger partial charge is 0.127 e. The van der Waals surface area contributed by atoms with Crippen LogP contribution in [-0.4, -0.2) is 10.4 Å². The lowest BCUT2D eigenvalue weighted by atomic mass is 9.81. The third kappa shape index (κ3) is 8.04. The van der Waals surface area contributed by atoms with E-state index in [1.165, 1.54) is 80.0 Å². The topological polar surface area (TPSA) is 20.2 Å².